The molecule has 1 aliphatic heterocycles. The van der Waals surface area contributed by atoms with Crippen molar-refractivity contribution in [3.05, 3.63) is 52.6 Å². The molecule has 26 heavy (non-hydrogen) atoms. The summed E-state index contributed by atoms with van der Waals surface area (Å²) >= 11 is 1.68. The summed E-state index contributed by atoms with van der Waals surface area (Å²) in [5, 5.41) is 2.02. The highest BCUT2D eigenvalue weighted by atomic mass is 32.1. The number of methoxy groups -OCH3 is 1. The molecule has 0 N–H and O–H groups in total. The molecule has 3 rings (SSSR count). The second-order valence-corrected chi connectivity index (χ2v) is 7.23. The Hall–Kier alpha value is -1.69. The zero-order valence-electron chi connectivity index (χ0n) is 22.8. The molecule has 2 aromatic rings. The Morgan fingerprint density at radius 2 is 2.15 bits per heavy atom. The molecule has 1 amide bonds. The number of hydrogen-bond acceptors (Lipinski definition) is 4. The number of rotatable bonds is 7. The van der Waals surface area contributed by atoms with Crippen molar-refractivity contribution in [1.82, 2.24) is 4.90 Å². The number of anilines is 1. The minimum atomic E-state index is -2.60. The quantitative estimate of drug-likeness (QED) is 0.676. The number of nitrogens with zero attached hydrogens (tertiary/aromatic N) is 2. The molecule has 140 valence electrons. The Bertz CT molecular complexity index is 992. The normalized spacial score (nSPS) is 22.0. The van der Waals surface area contributed by atoms with Crippen LogP contribution in [0.3, 0.4) is 0 Å². The highest BCUT2D eigenvalue weighted by Gasteiger charge is 2.42. The lowest BCUT2D eigenvalue weighted by Gasteiger charge is -2.47. The van der Waals surface area contributed by atoms with Gasteiger partial charge in [0.1, 0.15) is 5.72 Å². The monoisotopic (exact) mass is 380 g/mol. The molecule has 1 saturated heterocycles. The maximum atomic E-state index is 13.3. The van der Waals surface area contributed by atoms with Crippen LogP contribution in [0.25, 0.3) is 0 Å². The number of amides is 1. The number of benzene rings is 1. The fraction of sp³-hybridized carbons (Fsp3) is 0.476. The van der Waals surface area contributed by atoms with Crippen LogP contribution in [0.15, 0.2) is 47.7 Å². The fourth-order valence-electron chi connectivity index (χ4n) is 3.36. The third-order valence-electron chi connectivity index (χ3n) is 4.79. The number of ether oxygens (including phenoxy) is 1. The predicted octanol–water partition coefficient (Wildman–Crippen LogP) is 4.17. The zero-order chi connectivity index (χ0) is 25.3. The van der Waals surface area contributed by atoms with E-state index in [-0.39, 0.29) is 5.69 Å². The summed E-state index contributed by atoms with van der Waals surface area (Å²) in [5.74, 6) is -0.868. The molecule has 1 aromatic heterocycles. The lowest BCUT2D eigenvalue weighted by atomic mass is 9.96. The number of para-hydroxylation sites is 1. The standard InChI is InChI=1S/C21H28N2O2S/c1-3-20(24)23(18-8-5-4-6-9-18)21(25-2)12-15-22(16-13-21)14-11-19-10-7-17-26-19/h4-10,17H,3,11-16H2,1-2H3/i1D3,4D,5D,6D,8D,9D. The van der Waals surface area contributed by atoms with E-state index in [0.29, 0.717) is 25.9 Å². The fourth-order valence-corrected chi connectivity index (χ4v) is 4.06. The first-order chi connectivity index (χ1) is 15.9. The van der Waals surface area contributed by atoms with Gasteiger partial charge in [-0.3, -0.25) is 9.69 Å². The number of piperidine rings is 1. The van der Waals surface area contributed by atoms with Gasteiger partial charge in [0.05, 0.1) is 6.85 Å². The molecule has 0 radical (unpaired) electrons. The minimum Gasteiger partial charge on any atom is -0.358 e. The molecule has 1 aliphatic rings. The van der Waals surface area contributed by atoms with E-state index in [1.807, 2.05) is 11.4 Å². The molecule has 4 nitrogen and oxygen atoms in total. The van der Waals surface area contributed by atoms with E-state index in [0.717, 1.165) is 17.9 Å². The molecule has 0 unspecified atom stereocenters. The summed E-state index contributed by atoms with van der Waals surface area (Å²) in [5.41, 5.74) is -1.69. The molecule has 2 heterocycles. The van der Waals surface area contributed by atoms with E-state index in [2.05, 4.69) is 11.0 Å². The van der Waals surface area contributed by atoms with Gasteiger partial charge in [0, 0.05) is 60.7 Å². The van der Waals surface area contributed by atoms with Crippen molar-refractivity contribution >= 4 is 22.9 Å². The van der Waals surface area contributed by atoms with Gasteiger partial charge in [0.2, 0.25) is 5.91 Å². The van der Waals surface area contributed by atoms with Gasteiger partial charge in [-0.25, -0.2) is 0 Å². The molecule has 5 heteroatoms. The average molecular weight is 381 g/mol. The molecule has 0 spiro atoms. The SMILES string of the molecule is [2H]c1c([2H])c([2H])c(N(C(=O)CC([2H])([2H])[2H])C2(OC)CCN(CCc3cccs3)CC2)c([2H])c1[2H]. The highest BCUT2D eigenvalue weighted by Crippen LogP contribution is 2.34. The molecule has 0 bridgehead atoms. The largest absolute Gasteiger partial charge is 0.358 e. The van der Waals surface area contributed by atoms with E-state index in [1.54, 1.807) is 11.3 Å². The van der Waals surface area contributed by atoms with Gasteiger partial charge in [0.25, 0.3) is 0 Å². The molecule has 0 saturated carbocycles. The van der Waals surface area contributed by atoms with E-state index in [1.165, 1.54) is 12.0 Å². The predicted molar refractivity (Wildman–Crippen MR) is 108 cm³/mol. The number of carbonyl (C=O) groups is 1. The number of likely N-dealkylation sites (tertiary alicyclic amines) is 1. The Labute approximate surface area is 171 Å². The topological polar surface area (TPSA) is 32.8 Å². The first kappa shape index (κ1) is 11.2. The Kier molecular flexibility index (Phi) is 3.80. The molecule has 0 atom stereocenters. The van der Waals surface area contributed by atoms with E-state index in [4.69, 9.17) is 15.7 Å². The highest BCUT2D eigenvalue weighted by molar-refractivity contribution is 7.09. The Morgan fingerprint density at radius 3 is 2.77 bits per heavy atom. The lowest BCUT2D eigenvalue weighted by molar-refractivity contribution is -0.128. The average Bonchev–Trinajstić information content (AvgIpc) is 3.31. The van der Waals surface area contributed by atoms with Gasteiger partial charge in [-0.15, -0.1) is 11.3 Å². The van der Waals surface area contributed by atoms with Crippen LogP contribution in [-0.2, 0) is 16.0 Å². The van der Waals surface area contributed by atoms with E-state index >= 15 is 0 Å². The van der Waals surface area contributed by atoms with Gasteiger partial charge in [-0.2, -0.15) is 0 Å². The van der Waals surface area contributed by atoms with Gasteiger partial charge < -0.3 is 9.64 Å². The van der Waals surface area contributed by atoms with Gasteiger partial charge in [0.15, 0.2) is 0 Å². The van der Waals surface area contributed by atoms with Crippen LogP contribution < -0.4 is 4.90 Å². The van der Waals surface area contributed by atoms with Crippen molar-refractivity contribution in [3.8, 4) is 0 Å². The van der Waals surface area contributed by atoms with Crippen molar-refractivity contribution in [2.45, 2.75) is 38.3 Å². The summed E-state index contributed by atoms with van der Waals surface area (Å²) in [6.07, 6.45) is 0.622. The van der Waals surface area contributed by atoms with Crippen LogP contribution in [0.1, 0.15) is 42.0 Å². The van der Waals surface area contributed by atoms with Gasteiger partial charge in [-0.05, 0) is 30.0 Å². The molecule has 1 fully saturated rings. The molecular weight excluding hydrogens is 344 g/mol. The van der Waals surface area contributed by atoms with E-state index < -0.39 is 55.1 Å². The third kappa shape index (κ3) is 4.17. The van der Waals surface area contributed by atoms with Crippen molar-refractivity contribution in [2.75, 3.05) is 31.6 Å². The zero-order valence-corrected chi connectivity index (χ0v) is 15.6. The molecule has 1 aromatic carbocycles. The van der Waals surface area contributed by atoms with Crippen molar-refractivity contribution in [1.29, 1.82) is 0 Å². The summed E-state index contributed by atoms with van der Waals surface area (Å²) in [6.45, 7) is -0.720. The maximum Gasteiger partial charge on any atom is 0.229 e. The Balaban J connectivity index is 1.97. The van der Waals surface area contributed by atoms with Crippen molar-refractivity contribution in [2.24, 2.45) is 0 Å². The first-order valence-corrected chi connectivity index (χ1v) is 9.48. The van der Waals surface area contributed by atoms with Gasteiger partial charge >= 0.3 is 0 Å². The van der Waals surface area contributed by atoms with Crippen LogP contribution in [-0.4, -0.2) is 43.3 Å². The summed E-state index contributed by atoms with van der Waals surface area (Å²) in [7, 11) is 1.40. The third-order valence-corrected chi connectivity index (χ3v) is 5.73. The van der Waals surface area contributed by atoms with Crippen LogP contribution in [0.4, 0.5) is 5.69 Å². The lowest BCUT2D eigenvalue weighted by Crippen LogP contribution is -2.59. The molecule has 0 aliphatic carbocycles. The van der Waals surface area contributed by atoms with Crippen molar-refractivity contribution < 1.29 is 20.5 Å². The minimum absolute atomic E-state index is 0.294. The van der Waals surface area contributed by atoms with E-state index in [9.17, 15) is 4.79 Å². The molecular formula is C21H28N2O2S. The second-order valence-electron chi connectivity index (χ2n) is 6.20. The maximum absolute atomic E-state index is 13.3. The van der Waals surface area contributed by atoms with Crippen LogP contribution >= 0.6 is 11.3 Å². The summed E-state index contributed by atoms with van der Waals surface area (Å²) in [4.78, 5) is 17.8. The summed E-state index contributed by atoms with van der Waals surface area (Å²) < 4.78 is 69.2. The van der Waals surface area contributed by atoms with Crippen LogP contribution in [0.2, 0.25) is 0 Å². The summed E-state index contributed by atoms with van der Waals surface area (Å²) in [6, 6.07) is 1.16. The second kappa shape index (κ2) is 8.80. The smallest absolute Gasteiger partial charge is 0.229 e. The number of carbonyl (C=O) groups excluding carboxylic acids is 1. The number of thiophene rings is 1. The van der Waals surface area contributed by atoms with Crippen LogP contribution in [0.5, 0.6) is 0 Å². The van der Waals surface area contributed by atoms with Crippen molar-refractivity contribution in [3.63, 3.8) is 0 Å². The number of hydrogen-bond donors (Lipinski definition) is 0. The first-order valence-electron chi connectivity index (χ1n) is 12.6. The van der Waals surface area contributed by atoms with Gasteiger partial charge in [-0.1, -0.05) is 31.0 Å². The Morgan fingerprint density at radius 1 is 1.38 bits per heavy atom. The van der Waals surface area contributed by atoms with Crippen LogP contribution in [0, 0.1) is 0 Å².